The molecule has 1 aliphatic rings. The van der Waals surface area contributed by atoms with Crippen LogP contribution in [0.3, 0.4) is 0 Å². The smallest absolute Gasteiger partial charge is 0.142 e. The summed E-state index contributed by atoms with van der Waals surface area (Å²) in [5, 5.41) is 0. The third-order valence-corrected chi connectivity index (χ3v) is 7.49. The van der Waals surface area contributed by atoms with Gasteiger partial charge in [-0.15, -0.1) is 0 Å². The van der Waals surface area contributed by atoms with Crippen LogP contribution in [0.1, 0.15) is 56.2 Å². The van der Waals surface area contributed by atoms with Gasteiger partial charge in [0, 0.05) is 32.3 Å². The maximum atomic E-state index is 6.18. The molecule has 0 saturated carbocycles. The number of hydrogen-bond acceptors (Lipinski definition) is 4. The first-order chi connectivity index (χ1) is 17.3. The fraction of sp³-hybridized carbons (Fsp3) is 0.438. The molecule has 4 heteroatoms. The Morgan fingerprint density at radius 3 is 2.19 bits per heavy atom. The molecule has 0 amide bonds. The van der Waals surface area contributed by atoms with E-state index in [0.29, 0.717) is 0 Å². The van der Waals surface area contributed by atoms with Crippen molar-refractivity contribution in [3.63, 3.8) is 0 Å². The van der Waals surface area contributed by atoms with Crippen LogP contribution in [-0.2, 0) is 10.2 Å². The summed E-state index contributed by atoms with van der Waals surface area (Å²) in [6.07, 6.45) is 2.63. The highest BCUT2D eigenvalue weighted by Crippen LogP contribution is 2.38. The lowest BCUT2D eigenvalue weighted by Crippen LogP contribution is -2.36. The van der Waals surface area contributed by atoms with Gasteiger partial charge in [0.2, 0.25) is 0 Å². The Labute approximate surface area is 217 Å². The lowest BCUT2D eigenvalue weighted by Gasteiger charge is -2.31. The molecule has 1 fully saturated rings. The topological polar surface area (TPSA) is 24.9 Å². The molecule has 0 N–H and O–H groups in total. The summed E-state index contributed by atoms with van der Waals surface area (Å²) in [4.78, 5) is 4.78. The van der Waals surface area contributed by atoms with Crippen LogP contribution in [0.25, 0.3) is 0 Å². The summed E-state index contributed by atoms with van der Waals surface area (Å²) in [5.41, 5.74) is 6.10. The molecule has 3 aromatic rings. The molecule has 4 nitrogen and oxygen atoms in total. The molecular weight excluding hydrogens is 444 g/mol. The SMILES string of the molecule is COc1ccc(C(C)(C)C)cc1N(C)c1cccc(C(c2ccccc2)C(CN2CCCC2)OC)c1. The predicted molar refractivity (Wildman–Crippen MR) is 151 cm³/mol. The lowest BCUT2D eigenvalue weighted by atomic mass is 9.85. The Kier molecular flexibility index (Phi) is 8.38. The minimum absolute atomic E-state index is 0.0589. The largest absolute Gasteiger partial charge is 0.495 e. The number of rotatable bonds is 9. The summed E-state index contributed by atoms with van der Waals surface area (Å²) in [5.74, 6) is 1.02. The first-order valence-corrected chi connectivity index (χ1v) is 13.1. The van der Waals surface area contributed by atoms with E-state index >= 15 is 0 Å². The summed E-state index contributed by atoms with van der Waals surface area (Å²) in [7, 11) is 5.72. The highest BCUT2D eigenvalue weighted by atomic mass is 16.5. The molecule has 0 spiro atoms. The highest BCUT2D eigenvalue weighted by Gasteiger charge is 2.28. The summed E-state index contributed by atoms with van der Waals surface area (Å²) < 4.78 is 11.9. The lowest BCUT2D eigenvalue weighted by molar-refractivity contribution is 0.0593. The van der Waals surface area contributed by atoms with Crippen molar-refractivity contribution in [2.45, 2.75) is 51.0 Å². The van der Waals surface area contributed by atoms with Gasteiger partial charge in [0.1, 0.15) is 5.75 Å². The van der Waals surface area contributed by atoms with E-state index < -0.39 is 0 Å². The molecule has 2 atom stereocenters. The zero-order valence-electron chi connectivity index (χ0n) is 22.8. The van der Waals surface area contributed by atoms with Crippen molar-refractivity contribution in [2.75, 3.05) is 45.8 Å². The van der Waals surface area contributed by atoms with E-state index in [1.54, 1.807) is 7.11 Å². The van der Waals surface area contributed by atoms with Crippen molar-refractivity contribution in [3.05, 3.63) is 89.5 Å². The van der Waals surface area contributed by atoms with Gasteiger partial charge in [-0.05, 0) is 72.3 Å². The molecule has 0 radical (unpaired) electrons. The van der Waals surface area contributed by atoms with Crippen molar-refractivity contribution in [3.8, 4) is 5.75 Å². The van der Waals surface area contributed by atoms with Crippen LogP contribution in [0.15, 0.2) is 72.8 Å². The maximum Gasteiger partial charge on any atom is 0.142 e. The summed E-state index contributed by atoms with van der Waals surface area (Å²) in [6, 6.07) is 26.2. The quantitative estimate of drug-likeness (QED) is 0.325. The van der Waals surface area contributed by atoms with E-state index in [2.05, 4.69) is 110 Å². The Bertz CT molecular complexity index is 1120. The fourth-order valence-electron chi connectivity index (χ4n) is 5.30. The van der Waals surface area contributed by atoms with E-state index in [0.717, 1.165) is 36.8 Å². The van der Waals surface area contributed by atoms with E-state index in [1.807, 2.05) is 7.11 Å². The van der Waals surface area contributed by atoms with Crippen LogP contribution in [-0.4, -0.2) is 51.9 Å². The standard InChI is InChI=1S/C32H42N2O2/c1-32(2,3)26-17-18-29(35-5)28(22-26)33(4)27-16-12-15-25(21-27)31(24-13-8-7-9-14-24)30(36-6)23-34-19-10-11-20-34/h7-9,12-18,21-22,30-31H,10-11,19-20,23H2,1-6H3. The van der Waals surface area contributed by atoms with E-state index in [1.165, 1.54) is 29.5 Å². The molecule has 4 rings (SSSR count). The van der Waals surface area contributed by atoms with Crippen LogP contribution < -0.4 is 9.64 Å². The second-order valence-electron chi connectivity index (χ2n) is 11.0. The molecule has 1 saturated heterocycles. The van der Waals surface area contributed by atoms with Gasteiger partial charge in [0.05, 0.1) is 18.9 Å². The molecule has 1 aliphatic heterocycles. The third-order valence-electron chi connectivity index (χ3n) is 7.49. The monoisotopic (exact) mass is 486 g/mol. The average Bonchev–Trinajstić information content (AvgIpc) is 3.41. The first kappa shape index (κ1) is 26.2. The Hall–Kier alpha value is -2.82. The van der Waals surface area contributed by atoms with Gasteiger partial charge in [-0.1, -0.05) is 69.3 Å². The van der Waals surface area contributed by atoms with Gasteiger partial charge in [-0.3, -0.25) is 0 Å². The average molecular weight is 487 g/mol. The number of ether oxygens (including phenoxy) is 2. The van der Waals surface area contributed by atoms with Crippen LogP contribution in [0.2, 0.25) is 0 Å². The number of likely N-dealkylation sites (tertiary alicyclic amines) is 1. The van der Waals surface area contributed by atoms with Crippen molar-refractivity contribution in [1.29, 1.82) is 0 Å². The van der Waals surface area contributed by atoms with E-state index in [4.69, 9.17) is 9.47 Å². The fourth-order valence-corrected chi connectivity index (χ4v) is 5.30. The minimum atomic E-state index is 0.0589. The van der Waals surface area contributed by atoms with Gasteiger partial charge in [-0.2, -0.15) is 0 Å². The number of nitrogens with zero attached hydrogens (tertiary/aromatic N) is 2. The first-order valence-electron chi connectivity index (χ1n) is 13.1. The Morgan fingerprint density at radius 2 is 1.56 bits per heavy atom. The zero-order chi connectivity index (χ0) is 25.7. The van der Waals surface area contributed by atoms with E-state index in [-0.39, 0.29) is 17.4 Å². The van der Waals surface area contributed by atoms with Crippen LogP contribution in [0.4, 0.5) is 11.4 Å². The zero-order valence-corrected chi connectivity index (χ0v) is 22.8. The molecule has 2 unspecified atom stereocenters. The third kappa shape index (κ3) is 5.93. The number of benzene rings is 3. The van der Waals surface area contributed by atoms with Gasteiger partial charge >= 0.3 is 0 Å². The Morgan fingerprint density at radius 1 is 0.861 bits per heavy atom. The summed E-state index contributed by atoms with van der Waals surface area (Å²) in [6.45, 7) is 10.00. The number of hydrogen-bond donors (Lipinski definition) is 0. The van der Waals surface area contributed by atoms with Gasteiger partial charge < -0.3 is 19.3 Å². The summed E-state index contributed by atoms with van der Waals surface area (Å²) >= 11 is 0. The van der Waals surface area contributed by atoms with Crippen molar-refractivity contribution in [1.82, 2.24) is 4.90 Å². The molecule has 192 valence electrons. The van der Waals surface area contributed by atoms with Crippen LogP contribution in [0.5, 0.6) is 5.75 Å². The second kappa shape index (κ2) is 11.5. The predicted octanol–water partition coefficient (Wildman–Crippen LogP) is 7.00. The van der Waals surface area contributed by atoms with Crippen LogP contribution in [0, 0.1) is 0 Å². The van der Waals surface area contributed by atoms with Crippen LogP contribution >= 0.6 is 0 Å². The molecule has 36 heavy (non-hydrogen) atoms. The van der Waals surface area contributed by atoms with Crippen molar-refractivity contribution >= 4 is 11.4 Å². The highest BCUT2D eigenvalue weighted by molar-refractivity contribution is 5.70. The number of anilines is 2. The Balaban J connectivity index is 1.73. The molecule has 0 bridgehead atoms. The van der Waals surface area contributed by atoms with Crippen molar-refractivity contribution < 1.29 is 9.47 Å². The van der Waals surface area contributed by atoms with Crippen molar-refractivity contribution in [2.24, 2.45) is 0 Å². The molecule has 0 aliphatic carbocycles. The second-order valence-corrected chi connectivity index (χ2v) is 11.0. The maximum absolute atomic E-state index is 6.18. The van der Waals surface area contributed by atoms with Gasteiger partial charge in [-0.25, -0.2) is 0 Å². The molecule has 3 aromatic carbocycles. The van der Waals surface area contributed by atoms with Gasteiger partial charge in [0.15, 0.2) is 0 Å². The van der Waals surface area contributed by atoms with E-state index in [9.17, 15) is 0 Å². The molecule has 1 heterocycles. The normalized spacial score (nSPS) is 16.1. The molecular formula is C32H42N2O2. The minimum Gasteiger partial charge on any atom is -0.495 e. The molecule has 0 aromatic heterocycles. The van der Waals surface area contributed by atoms with Gasteiger partial charge in [0.25, 0.3) is 0 Å². The number of methoxy groups -OCH3 is 2.